The predicted molar refractivity (Wildman–Crippen MR) is 53.7 cm³/mol. The molecule has 0 amide bonds. The Morgan fingerprint density at radius 3 is 2.79 bits per heavy atom. The smallest absolute Gasteiger partial charge is 0.179 e. The van der Waals surface area contributed by atoms with E-state index in [-0.39, 0.29) is 6.10 Å². The Hall–Kier alpha value is -1.25. The molecule has 1 aromatic heterocycles. The fourth-order valence-corrected chi connectivity index (χ4v) is 1.17. The standard InChI is InChI=1S/C11H15NO2/c1-8(2)13-11-7-12-6-5-10(11)14-9-3-4-9/h5-9H,3-4H2,1-2H3. The molecule has 0 N–H and O–H groups in total. The highest BCUT2D eigenvalue weighted by atomic mass is 16.5. The SMILES string of the molecule is CC(C)Oc1cnccc1OC1CC1. The Kier molecular flexibility index (Phi) is 2.57. The maximum Gasteiger partial charge on any atom is 0.179 e. The number of ether oxygens (including phenoxy) is 2. The van der Waals surface area contributed by atoms with E-state index in [1.54, 1.807) is 12.4 Å². The lowest BCUT2D eigenvalue weighted by molar-refractivity contribution is 0.216. The molecule has 0 aromatic carbocycles. The summed E-state index contributed by atoms with van der Waals surface area (Å²) in [5.41, 5.74) is 0. The molecular weight excluding hydrogens is 178 g/mol. The van der Waals surface area contributed by atoms with E-state index in [9.17, 15) is 0 Å². The number of rotatable bonds is 4. The van der Waals surface area contributed by atoms with Gasteiger partial charge in [-0.05, 0) is 26.7 Å². The maximum atomic E-state index is 5.69. The molecule has 1 fully saturated rings. The Balaban J connectivity index is 2.10. The summed E-state index contributed by atoms with van der Waals surface area (Å²) in [4.78, 5) is 4.02. The second kappa shape index (κ2) is 3.86. The quantitative estimate of drug-likeness (QED) is 0.735. The fraction of sp³-hybridized carbons (Fsp3) is 0.545. The first-order valence-corrected chi connectivity index (χ1v) is 5.03. The van der Waals surface area contributed by atoms with Crippen LogP contribution in [0.25, 0.3) is 0 Å². The molecule has 76 valence electrons. The molecular formula is C11H15NO2. The van der Waals surface area contributed by atoms with Gasteiger partial charge in [0.1, 0.15) is 0 Å². The summed E-state index contributed by atoms with van der Waals surface area (Å²) in [6.45, 7) is 3.99. The summed E-state index contributed by atoms with van der Waals surface area (Å²) >= 11 is 0. The van der Waals surface area contributed by atoms with Crippen molar-refractivity contribution in [1.82, 2.24) is 4.98 Å². The van der Waals surface area contributed by atoms with Gasteiger partial charge in [0.25, 0.3) is 0 Å². The molecule has 0 spiro atoms. The first-order valence-electron chi connectivity index (χ1n) is 5.03. The van der Waals surface area contributed by atoms with Crippen LogP contribution in [0.1, 0.15) is 26.7 Å². The Bertz CT molecular complexity index is 285. The van der Waals surface area contributed by atoms with E-state index in [0.29, 0.717) is 6.10 Å². The molecule has 0 unspecified atom stereocenters. The van der Waals surface area contributed by atoms with Gasteiger partial charge < -0.3 is 9.47 Å². The van der Waals surface area contributed by atoms with Gasteiger partial charge in [0.05, 0.1) is 18.4 Å². The first kappa shape index (κ1) is 9.31. The lowest BCUT2D eigenvalue weighted by atomic mass is 10.4. The normalized spacial score (nSPS) is 15.6. The molecule has 3 heteroatoms. The summed E-state index contributed by atoms with van der Waals surface area (Å²) in [7, 11) is 0. The Morgan fingerprint density at radius 2 is 2.14 bits per heavy atom. The Labute approximate surface area is 84.1 Å². The highest BCUT2D eigenvalue weighted by Crippen LogP contribution is 2.32. The zero-order chi connectivity index (χ0) is 9.97. The number of hydrogen-bond acceptors (Lipinski definition) is 3. The highest BCUT2D eigenvalue weighted by molar-refractivity contribution is 5.37. The van der Waals surface area contributed by atoms with Crippen LogP contribution in [-0.4, -0.2) is 17.2 Å². The van der Waals surface area contributed by atoms with Gasteiger partial charge in [-0.25, -0.2) is 0 Å². The van der Waals surface area contributed by atoms with Crippen LogP contribution < -0.4 is 9.47 Å². The summed E-state index contributed by atoms with van der Waals surface area (Å²) in [5.74, 6) is 1.56. The molecule has 2 rings (SSSR count). The number of nitrogens with zero attached hydrogens (tertiary/aromatic N) is 1. The van der Waals surface area contributed by atoms with Crippen molar-refractivity contribution in [3.05, 3.63) is 18.5 Å². The molecule has 0 saturated heterocycles. The minimum atomic E-state index is 0.153. The molecule has 1 aliphatic carbocycles. The summed E-state index contributed by atoms with van der Waals surface area (Å²) in [6, 6.07) is 1.86. The fourth-order valence-electron chi connectivity index (χ4n) is 1.17. The van der Waals surface area contributed by atoms with Gasteiger partial charge in [-0.3, -0.25) is 4.98 Å². The highest BCUT2D eigenvalue weighted by Gasteiger charge is 2.24. The van der Waals surface area contributed by atoms with Crippen molar-refractivity contribution in [2.24, 2.45) is 0 Å². The predicted octanol–water partition coefficient (Wildman–Crippen LogP) is 2.41. The van der Waals surface area contributed by atoms with E-state index in [2.05, 4.69) is 4.98 Å². The summed E-state index contributed by atoms with van der Waals surface area (Å²) in [5, 5.41) is 0. The zero-order valence-electron chi connectivity index (χ0n) is 8.56. The van der Waals surface area contributed by atoms with Crippen LogP contribution in [0.5, 0.6) is 11.5 Å². The number of aromatic nitrogens is 1. The minimum absolute atomic E-state index is 0.153. The van der Waals surface area contributed by atoms with Crippen LogP contribution >= 0.6 is 0 Å². The summed E-state index contributed by atoms with van der Waals surface area (Å²) in [6.07, 6.45) is 6.29. The van der Waals surface area contributed by atoms with E-state index in [1.807, 2.05) is 19.9 Å². The zero-order valence-corrected chi connectivity index (χ0v) is 8.56. The van der Waals surface area contributed by atoms with Crippen LogP contribution in [0.3, 0.4) is 0 Å². The second-order valence-electron chi connectivity index (χ2n) is 3.81. The molecule has 1 heterocycles. The molecule has 0 atom stereocenters. The largest absolute Gasteiger partial charge is 0.486 e. The first-order chi connectivity index (χ1) is 6.75. The molecule has 0 aliphatic heterocycles. The molecule has 1 aromatic rings. The third-order valence-corrected chi connectivity index (χ3v) is 1.93. The molecule has 1 aliphatic rings. The van der Waals surface area contributed by atoms with Gasteiger partial charge in [-0.1, -0.05) is 0 Å². The number of hydrogen-bond donors (Lipinski definition) is 0. The average Bonchev–Trinajstić information content (AvgIpc) is 2.91. The monoisotopic (exact) mass is 193 g/mol. The number of pyridine rings is 1. The second-order valence-corrected chi connectivity index (χ2v) is 3.81. The van der Waals surface area contributed by atoms with Crippen LogP contribution in [0.15, 0.2) is 18.5 Å². The minimum Gasteiger partial charge on any atom is -0.486 e. The maximum absolute atomic E-state index is 5.69. The summed E-state index contributed by atoms with van der Waals surface area (Å²) < 4.78 is 11.3. The van der Waals surface area contributed by atoms with Gasteiger partial charge in [0.15, 0.2) is 11.5 Å². The average molecular weight is 193 g/mol. The topological polar surface area (TPSA) is 31.4 Å². The van der Waals surface area contributed by atoms with Crippen molar-refractivity contribution >= 4 is 0 Å². The van der Waals surface area contributed by atoms with Crippen molar-refractivity contribution in [2.45, 2.75) is 38.9 Å². The Morgan fingerprint density at radius 1 is 1.36 bits per heavy atom. The molecule has 1 saturated carbocycles. The van der Waals surface area contributed by atoms with E-state index < -0.39 is 0 Å². The van der Waals surface area contributed by atoms with Crippen molar-refractivity contribution in [3.8, 4) is 11.5 Å². The van der Waals surface area contributed by atoms with Crippen molar-refractivity contribution in [1.29, 1.82) is 0 Å². The van der Waals surface area contributed by atoms with Gasteiger partial charge >= 0.3 is 0 Å². The third kappa shape index (κ3) is 2.37. The molecule has 3 nitrogen and oxygen atoms in total. The molecule has 0 bridgehead atoms. The van der Waals surface area contributed by atoms with E-state index >= 15 is 0 Å². The van der Waals surface area contributed by atoms with E-state index in [0.717, 1.165) is 24.3 Å². The third-order valence-electron chi connectivity index (χ3n) is 1.93. The molecule has 14 heavy (non-hydrogen) atoms. The molecule has 0 radical (unpaired) electrons. The van der Waals surface area contributed by atoms with Crippen molar-refractivity contribution < 1.29 is 9.47 Å². The lowest BCUT2D eigenvalue weighted by Crippen LogP contribution is -2.08. The lowest BCUT2D eigenvalue weighted by Gasteiger charge is -2.13. The van der Waals surface area contributed by atoms with E-state index in [4.69, 9.17) is 9.47 Å². The van der Waals surface area contributed by atoms with Gasteiger partial charge in [-0.2, -0.15) is 0 Å². The van der Waals surface area contributed by atoms with Gasteiger partial charge in [0, 0.05) is 12.3 Å². The van der Waals surface area contributed by atoms with Crippen molar-refractivity contribution in [3.63, 3.8) is 0 Å². The van der Waals surface area contributed by atoms with Crippen LogP contribution in [-0.2, 0) is 0 Å². The van der Waals surface area contributed by atoms with Crippen LogP contribution in [0.4, 0.5) is 0 Å². The van der Waals surface area contributed by atoms with Gasteiger partial charge in [-0.15, -0.1) is 0 Å². The van der Waals surface area contributed by atoms with Crippen LogP contribution in [0, 0.1) is 0 Å². The van der Waals surface area contributed by atoms with Crippen LogP contribution in [0.2, 0.25) is 0 Å². The van der Waals surface area contributed by atoms with Crippen molar-refractivity contribution in [2.75, 3.05) is 0 Å². The van der Waals surface area contributed by atoms with E-state index in [1.165, 1.54) is 0 Å². The van der Waals surface area contributed by atoms with Gasteiger partial charge in [0.2, 0.25) is 0 Å².